The summed E-state index contributed by atoms with van der Waals surface area (Å²) in [6, 6.07) is 10.2. The monoisotopic (exact) mass is 348 g/mol. The number of rotatable bonds is 3. The van der Waals surface area contributed by atoms with Gasteiger partial charge in [-0.15, -0.1) is 0 Å². The van der Waals surface area contributed by atoms with Crippen molar-refractivity contribution in [3.63, 3.8) is 0 Å². The Hall–Kier alpha value is -2.38. The third-order valence-electron chi connectivity index (χ3n) is 5.47. The number of hydrogen-bond acceptors (Lipinski definition) is 3. The van der Waals surface area contributed by atoms with Crippen LogP contribution in [0.1, 0.15) is 60.8 Å². The standard InChI is InChI=1S/C20H17ClN4/c21-14-6-2-5-13(9-14)19-17-16(11-7-8-11)15(10-22)18(12-3-1-4-12)23-20(17)25-24-19/h2,5-6,9,11-12H,1,3-4,7-8H2,(H,23,24,25). The van der Waals surface area contributed by atoms with Gasteiger partial charge >= 0.3 is 0 Å². The number of pyridine rings is 1. The maximum absolute atomic E-state index is 9.91. The van der Waals surface area contributed by atoms with Gasteiger partial charge in [0.25, 0.3) is 0 Å². The molecule has 25 heavy (non-hydrogen) atoms. The molecule has 0 aliphatic heterocycles. The molecule has 0 saturated heterocycles. The molecule has 2 aromatic heterocycles. The molecule has 2 heterocycles. The van der Waals surface area contributed by atoms with E-state index < -0.39 is 0 Å². The fraction of sp³-hybridized carbons (Fsp3) is 0.350. The number of hydrogen-bond donors (Lipinski definition) is 1. The number of benzene rings is 1. The number of nitriles is 1. The van der Waals surface area contributed by atoms with Crippen molar-refractivity contribution in [3.05, 3.63) is 46.1 Å². The first kappa shape index (κ1) is 14.9. The number of H-pyrrole nitrogens is 1. The minimum atomic E-state index is 0.419. The van der Waals surface area contributed by atoms with Crippen LogP contribution < -0.4 is 0 Å². The summed E-state index contributed by atoms with van der Waals surface area (Å²) in [6.07, 6.45) is 5.75. The van der Waals surface area contributed by atoms with E-state index in [4.69, 9.17) is 16.6 Å². The fourth-order valence-corrected chi connectivity index (χ4v) is 4.02. The van der Waals surface area contributed by atoms with Crippen LogP contribution in [-0.4, -0.2) is 15.2 Å². The van der Waals surface area contributed by atoms with Gasteiger partial charge in [-0.3, -0.25) is 5.10 Å². The summed E-state index contributed by atoms with van der Waals surface area (Å²) in [5.41, 5.74) is 5.55. The van der Waals surface area contributed by atoms with Gasteiger partial charge in [0.1, 0.15) is 6.07 Å². The molecule has 0 amide bonds. The van der Waals surface area contributed by atoms with Gasteiger partial charge in [0, 0.05) is 16.5 Å². The third-order valence-corrected chi connectivity index (χ3v) is 5.71. The highest BCUT2D eigenvalue weighted by Gasteiger charge is 2.35. The first-order valence-electron chi connectivity index (χ1n) is 8.84. The molecule has 5 heteroatoms. The average Bonchev–Trinajstić information content (AvgIpc) is 3.31. The summed E-state index contributed by atoms with van der Waals surface area (Å²) < 4.78 is 0. The van der Waals surface area contributed by atoms with E-state index >= 15 is 0 Å². The Morgan fingerprint density at radius 2 is 2.00 bits per heavy atom. The van der Waals surface area contributed by atoms with Crippen molar-refractivity contribution < 1.29 is 0 Å². The lowest BCUT2D eigenvalue weighted by atomic mass is 9.79. The van der Waals surface area contributed by atoms with E-state index in [9.17, 15) is 5.26 Å². The number of fused-ring (bicyclic) bond motifs is 1. The van der Waals surface area contributed by atoms with Crippen molar-refractivity contribution in [1.29, 1.82) is 5.26 Å². The molecule has 4 nitrogen and oxygen atoms in total. The van der Waals surface area contributed by atoms with Gasteiger partial charge in [-0.25, -0.2) is 4.98 Å². The normalized spacial score (nSPS) is 17.4. The van der Waals surface area contributed by atoms with Crippen molar-refractivity contribution in [2.24, 2.45) is 0 Å². The Bertz CT molecular complexity index is 1020. The van der Waals surface area contributed by atoms with E-state index in [-0.39, 0.29) is 0 Å². The Morgan fingerprint density at radius 3 is 2.64 bits per heavy atom. The predicted octanol–water partition coefficient (Wildman–Crippen LogP) is 5.29. The molecule has 124 valence electrons. The lowest BCUT2D eigenvalue weighted by Crippen LogP contribution is -2.14. The van der Waals surface area contributed by atoms with Crippen LogP contribution in [0.5, 0.6) is 0 Å². The van der Waals surface area contributed by atoms with Crippen molar-refractivity contribution in [2.45, 2.75) is 43.9 Å². The first-order valence-corrected chi connectivity index (χ1v) is 9.22. The van der Waals surface area contributed by atoms with Crippen LogP contribution in [0.25, 0.3) is 22.3 Å². The Morgan fingerprint density at radius 1 is 1.16 bits per heavy atom. The van der Waals surface area contributed by atoms with Crippen LogP contribution in [-0.2, 0) is 0 Å². The first-order chi connectivity index (χ1) is 12.3. The van der Waals surface area contributed by atoms with Crippen LogP contribution in [0.2, 0.25) is 5.02 Å². The minimum Gasteiger partial charge on any atom is -0.275 e. The number of nitrogens with zero attached hydrogens (tertiary/aromatic N) is 3. The quantitative estimate of drug-likeness (QED) is 0.698. The number of nitrogens with one attached hydrogen (secondary N) is 1. The number of halogens is 1. The second kappa shape index (κ2) is 5.57. The molecule has 0 bridgehead atoms. The molecule has 1 aromatic carbocycles. The highest BCUT2D eigenvalue weighted by atomic mass is 35.5. The molecule has 1 N–H and O–H groups in total. The van der Waals surface area contributed by atoms with Crippen molar-refractivity contribution >= 4 is 22.6 Å². The second-order valence-corrected chi connectivity index (χ2v) is 7.54. The van der Waals surface area contributed by atoms with E-state index in [1.54, 1.807) is 0 Å². The summed E-state index contributed by atoms with van der Waals surface area (Å²) in [7, 11) is 0. The molecule has 2 aliphatic carbocycles. The molecule has 5 rings (SSSR count). The van der Waals surface area contributed by atoms with Crippen molar-refractivity contribution in [1.82, 2.24) is 15.2 Å². The second-order valence-electron chi connectivity index (χ2n) is 7.11. The molecular formula is C20H17ClN4. The van der Waals surface area contributed by atoms with Crippen molar-refractivity contribution in [2.75, 3.05) is 0 Å². The summed E-state index contributed by atoms with van der Waals surface area (Å²) in [4.78, 5) is 4.81. The van der Waals surface area contributed by atoms with Crippen LogP contribution in [0, 0.1) is 11.3 Å². The number of aromatic amines is 1. The average molecular weight is 349 g/mol. The largest absolute Gasteiger partial charge is 0.275 e. The zero-order valence-electron chi connectivity index (χ0n) is 13.7. The Balaban J connectivity index is 1.81. The molecular weight excluding hydrogens is 332 g/mol. The Labute approximate surface area is 150 Å². The van der Waals surface area contributed by atoms with Gasteiger partial charge in [-0.05, 0) is 49.3 Å². The molecule has 0 radical (unpaired) electrons. The van der Waals surface area contributed by atoms with Crippen LogP contribution in [0.15, 0.2) is 24.3 Å². The van der Waals surface area contributed by atoms with Crippen LogP contribution >= 0.6 is 11.6 Å². The van der Waals surface area contributed by atoms with Gasteiger partial charge in [0.15, 0.2) is 5.65 Å². The van der Waals surface area contributed by atoms with E-state index in [2.05, 4.69) is 16.3 Å². The molecule has 2 saturated carbocycles. The summed E-state index contributed by atoms with van der Waals surface area (Å²) in [6.45, 7) is 0. The predicted molar refractivity (Wildman–Crippen MR) is 97.6 cm³/mol. The fourth-order valence-electron chi connectivity index (χ4n) is 3.83. The van der Waals surface area contributed by atoms with Gasteiger partial charge in [-0.2, -0.15) is 10.4 Å². The maximum atomic E-state index is 9.91. The maximum Gasteiger partial charge on any atom is 0.182 e. The van der Waals surface area contributed by atoms with Gasteiger partial charge in [0.2, 0.25) is 0 Å². The lowest BCUT2D eigenvalue weighted by molar-refractivity contribution is 0.411. The van der Waals surface area contributed by atoms with E-state index in [0.29, 0.717) is 16.9 Å². The highest BCUT2D eigenvalue weighted by Crippen LogP contribution is 2.49. The summed E-state index contributed by atoms with van der Waals surface area (Å²) in [5, 5.41) is 19.2. The summed E-state index contributed by atoms with van der Waals surface area (Å²) >= 11 is 6.18. The molecule has 0 spiro atoms. The van der Waals surface area contributed by atoms with Gasteiger partial charge < -0.3 is 0 Å². The Kier molecular flexibility index (Phi) is 3.33. The van der Waals surface area contributed by atoms with Crippen LogP contribution in [0.4, 0.5) is 0 Å². The zero-order valence-corrected chi connectivity index (χ0v) is 14.5. The third kappa shape index (κ3) is 2.34. The smallest absolute Gasteiger partial charge is 0.182 e. The number of aromatic nitrogens is 3. The summed E-state index contributed by atoms with van der Waals surface area (Å²) in [5.74, 6) is 0.873. The molecule has 3 aromatic rings. The van der Waals surface area contributed by atoms with Gasteiger partial charge in [0.05, 0.1) is 22.3 Å². The molecule has 2 fully saturated rings. The topological polar surface area (TPSA) is 65.4 Å². The highest BCUT2D eigenvalue weighted by molar-refractivity contribution is 6.30. The van der Waals surface area contributed by atoms with E-state index in [0.717, 1.165) is 64.8 Å². The van der Waals surface area contributed by atoms with Crippen LogP contribution in [0.3, 0.4) is 0 Å². The minimum absolute atomic E-state index is 0.419. The molecule has 2 aliphatic rings. The molecule has 0 atom stereocenters. The van der Waals surface area contributed by atoms with Gasteiger partial charge in [-0.1, -0.05) is 30.2 Å². The lowest BCUT2D eigenvalue weighted by Gasteiger charge is -2.26. The molecule has 0 unspecified atom stereocenters. The SMILES string of the molecule is N#Cc1c(C2CCC2)nc2n[nH]c(-c3cccc(Cl)c3)c2c1C1CC1. The zero-order chi connectivity index (χ0) is 17.0. The van der Waals surface area contributed by atoms with E-state index in [1.807, 2.05) is 24.3 Å². The van der Waals surface area contributed by atoms with E-state index in [1.165, 1.54) is 6.42 Å². The van der Waals surface area contributed by atoms with Crippen molar-refractivity contribution in [3.8, 4) is 17.3 Å².